The number of nitrogens with zero attached hydrogens (tertiary/aromatic N) is 1. The minimum absolute atomic E-state index is 0.0905. The summed E-state index contributed by atoms with van der Waals surface area (Å²) in [7, 11) is 0. The fraction of sp³-hybridized carbons (Fsp3) is 0.111. The molecule has 3 aromatic carbocycles. The molecule has 1 N–H and O–H groups in total. The number of hydrogen-bond donors (Lipinski definition) is 1. The van der Waals surface area contributed by atoms with Crippen LogP contribution in [0.4, 0.5) is 5.69 Å². The number of carbonyl (C=O) groups excluding carboxylic acids is 2. The Bertz CT molecular complexity index is 1370. The summed E-state index contributed by atoms with van der Waals surface area (Å²) in [6.07, 6.45) is 0. The lowest BCUT2D eigenvalue weighted by Gasteiger charge is -2.24. The van der Waals surface area contributed by atoms with Gasteiger partial charge in [0.25, 0.3) is 11.7 Å². The molecule has 5 nitrogen and oxygen atoms in total. The maximum Gasteiger partial charge on any atom is 0.300 e. The van der Waals surface area contributed by atoms with E-state index in [1.807, 2.05) is 60.8 Å². The number of aliphatic hydroxyl groups is 1. The van der Waals surface area contributed by atoms with Crippen molar-refractivity contribution < 1.29 is 19.4 Å². The summed E-state index contributed by atoms with van der Waals surface area (Å²) in [5.74, 6) is -0.856. The maximum absolute atomic E-state index is 13.3. The number of ketones is 1. The van der Waals surface area contributed by atoms with Gasteiger partial charge in [-0.15, -0.1) is 11.3 Å². The molecule has 1 unspecified atom stereocenters. The molecule has 2 heterocycles. The van der Waals surface area contributed by atoms with Crippen LogP contribution in [-0.4, -0.2) is 23.4 Å². The highest BCUT2D eigenvalue weighted by Crippen LogP contribution is 2.44. The van der Waals surface area contributed by atoms with E-state index >= 15 is 0 Å². The van der Waals surface area contributed by atoms with Gasteiger partial charge in [0, 0.05) is 16.1 Å². The van der Waals surface area contributed by atoms with Crippen LogP contribution >= 0.6 is 11.3 Å². The summed E-state index contributed by atoms with van der Waals surface area (Å²) < 4.78 is 5.51. The molecule has 0 saturated carbocycles. The first-order valence-electron chi connectivity index (χ1n) is 10.7. The number of aliphatic hydroxyl groups excluding tert-OH is 1. The minimum Gasteiger partial charge on any atom is -0.507 e. The van der Waals surface area contributed by atoms with Crippen LogP contribution in [0.1, 0.15) is 23.4 Å². The maximum atomic E-state index is 13.3. The molecule has 5 rings (SSSR count). The molecule has 1 aromatic heterocycles. The van der Waals surface area contributed by atoms with Gasteiger partial charge in [0.15, 0.2) is 0 Å². The van der Waals surface area contributed by atoms with Gasteiger partial charge >= 0.3 is 0 Å². The molecule has 0 spiro atoms. The number of ether oxygens (including phenoxy) is 1. The van der Waals surface area contributed by atoms with Crippen LogP contribution in [0.15, 0.2) is 89.8 Å². The van der Waals surface area contributed by atoms with Crippen LogP contribution in [0, 0.1) is 0 Å². The lowest BCUT2D eigenvalue weighted by molar-refractivity contribution is -0.132. The summed E-state index contributed by atoms with van der Waals surface area (Å²) in [4.78, 5) is 28.8. The molecule has 0 bridgehead atoms. The number of rotatable bonds is 5. The Hall–Kier alpha value is -3.90. The Morgan fingerprint density at radius 1 is 0.970 bits per heavy atom. The summed E-state index contributed by atoms with van der Waals surface area (Å²) in [5.41, 5.74) is 1.18. The monoisotopic (exact) mass is 455 g/mol. The van der Waals surface area contributed by atoms with Gasteiger partial charge in [-0.2, -0.15) is 0 Å². The van der Waals surface area contributed by atoms with Crippen molar-refractivity contribution in [3.8, 4) is 5.75 Å². The van der Waals surface area contributed by atoms with Crippen molar-refractivity contribution in [2.45, 2.75) is 13.0 Å². The van der Waals surface area contributed by atoms with E-state index in [9.17, 15) is 14.7 Å². The summed E-state index contributed by atoms with van der Waals surface area (Å²) in [5, 5.41) is 15.1. The molecule has 0 aliphatic carbocycles. The van der Waals surface area contributed by atoms with Crippen molar-refractivity contribution in [1.82, 2.24) is 0 Å². The molecular weight excluding hydrogens is 434 g/mol. The van der Waals surface area contributed by atoms with Gasteiger partial charge in [0.2, 0.25) is 0 Å². The van der Waals surface area contributed by atoms with Gasteiger partial charge in [0.05, 0.1) is 12.2 Å². The molecule has 4 aromatic rings. The third-order valence-electron chi connectivity index (χ3n) is 5.73. The van der Waals surface area contributed by atoms with Gasteiger partial charge in [-0.1, -0.05) is 48.5 Å². The molecule has 1 amide bonds. The molecule has 1 fully saturated rings. The molecule has 1 saturated heterocycles. The highest BCUT2D eigenvalue weighted by Gasteiger charge is 2.47. The normalized spacial score (nSPS) is 17.6. The first kappa shape index (κ1) is 21.0. The van der Waals surface area contributed by atoms with E-state index in [4.69, 9.17) is 4.74 Å². The topological polar surface area (TPSA) is 66.8 Å². The Balaban J connectivity index is 1.70. The molecule has 1 aliphatic heterocycles. The number of thiophene rings is 1. The minimum atomic E-state index is -0.720. The van der Waals surface area contributed by atoms with Crippen LogP contribution in [0.2, 0.25) is 0 Å². The quantitative estimate of drug-likeness (QED) is 0.230. The average Bonchev–Trinajstić information content (AvgIpc) is 3.46. The Morgan fingerprint density at radius 3 is 2.45 bits per heavy atom. The van der Waals surface area contributed by atoms with E-state index in [0.29, 0.717) is 23.6 Å². The van der Waals surface area contributed by atoms with E-state index < -0.39 is 17.7 Å². The summed E-state index contributed by atoms with van der Waals surface area (Å²) in [6, 6.07) is 23.3. The van der Waals surface area contributed by atoms with Crippen molar-refractivity contribution in [2.24, 2.45) is 0 Å². The molecule has 6 heteroatoms. The second-order valence-corrected chi connectivity index (χ2v) is 8.62. The third-order valence-corrected chi connectivity index (χ3v) is 6.65. The van der Waals surface area contributed by atoms with Crippen molar-refractivity contribution in [3.05, 3.63) is 100 Å². The number of hydrogen-bond acceptors (Lipinski definition) is 5. The van der Waals surface area contributed by atoms with Crippen LogP contribution in [0.3, 0.4) is 0 Å². The van der Waals surface area contributed by atoms with Crippen molar-refractivity contribution in [1.29, 1.82) is 0 Å². The van der Waals surface area contributed by atoms with Crippen molar-refractivity contribution in [2.75, 3.05) is 11.5 Å². The SMILES string of the molecule is CCOc1ccc(N2C(=O)C(=O)/C(=C(\O)c3cccc4ccccc34)C2c2cccs2)cc1. The lowest BCUT2D eigenvalue weighted by Crippen LogP contribution is -2.29. The second kappa shape index (κ2) is 8.56. The predicted octanol–water partition coefficient (Wildman–Crippen LogP) is 5.93. The lowest BCUT2D eigenvalue weighted by atomic mass is 9.96. The second-order valence-electron chi connectivity index (χ2n) is 7.64. The van der Waals surface area contributed by atoms with Crippen LogP contribution in [0.5, 0.6) is 5.75 Å². The first-order valence-corrected chi connectivity index (χ1v) is 11.5. The smallest absolute Gasteiger partial charge is 0.300 e. The summed E-state index contributed by atoms with van der Waals surface area (Å²) >= 11 is 1.44. The fourth-order valence-electron chi connectivity index (χ4n) is 4.26. The number of benzene rings is 3. The van der Waals surface area contributed by atoms with Crippen LogP contribution in [0.25, 0.3) is 16.5 Å². The van der Waals surface area contributed by atoms with Gasteiger partial charge in [-0.05, 0) is 53.4 Å². The van der Waals surface area contributed by atoms with Gasteiger partial charge < -0.3 is 9.84 Å². The number of anilines is 1. The van der Waals surface area contributed by atoms with Gasteiger partial charge in [-0.3, -0.25) is 14.5 Å². The zero-order valence-corrected chi connectivity index (χ0v) is 18.7. The number of carbonyl (C=O) groups is 2. The van der Waals surface area contributed by atoms with E-state index in [1.165, 1.54) is 16.2 Å². The molecule has 164 valence electrons. The van der Waals surface area contributed by atoms with E-state index in [-0.39, 0.29) is 11.3 Å². The molecule has 0 radical (unpaired) electrons. The van der Waals surface area contributed by atoms with Crippen LogP contribution < -0.4 is 9.64 Å². The number of amides is 1. The zero-order valence-electron chi connectivity index (χ0n) is 17.9. The zero-order chi connectivity index (χ0) is 22.9. The summed E-state index contributed by atoms with van der Waals surface area (Å²) in [6.45, 7) is 2.43. The van der Waals surface area contributed by atoms with E-state index in [0.717, 1.165) is 15.6 Å². The largest absolute Gasteiger partial charge is 0.507 e. The number of Topliss-reactive ketones (excluding diaryl/α,β-unsaturated/α-hetero) is 1. The Kier molecular flexibility index (Phi) is 5.44. The number of fused-ring (bicyclic) bond motifs is 1. The van der Waals surface area contributed by atoms with Crippen LogP contribution in [-0.2, 0) is 9.59 Å². The molecular formula is C27H21NO4S. The Morgan fingerprint density at radius 2 is 1.73 bits per heavy atom. The fourth-order valence-corrected chi connectivity index (χ4v) is 5.09. The Labute approximate surface area is 195 Å². The molecule has 33 heavy (non-hydrogen) atoms. The van der Waals surface area contributed by atoms with E-state index in [1.54, 1.807) is 30.3 Å². The molecule has 1 aliphatic rings. The standard InChI is InChI=1S/C27H21NO4S/c1-2-32-19-14-12-18(13-15-19)28-24(22-11-6-16-33-22)23(26(30)27(28)31)25(29)21-10-5-8-17-7-3-4-9-20(17)21/h3-16,24,29H,2H2,1H3/b25-23-. The highest BCUT2D eigenvalue weighted by molar-refractivity contribution is 7.10. The first-order chi connectivity index (χ1) is 16.1. The third kappa shape index (κ3) is 3.58. The van der Waals surface area contributed by atoms with Gasteiger partial charge in [-0.25, -0.2) is 0 Å². The predicted molar refractivity (Wildman–Crippen MR) is 131 cm³/mol. The molecule has 1 atom stereocenters. The van der Waals surface area contributed by atoms with E-state index in [2.05, 4.69) is 0 Å². The average molecular weight is 456 g/mol. The van der Waals surface area contributed by atoms with Crippen molar-refractivity contribution >= 4 is 45.2 Å². The van der Waals surface area contributed by atoms with Crippen molar-refractivity contribution in [3.63, 3.8) is 0 Å². The van der Waals surface area contributed by atoms with Gasteiger partial charge in [0.1, 0.15) is 17.6 Å². The highest BCUT2D eigenvalue weighted by atomic mass is 32.1.